The van der Waals surface area contributed by atoms with Gasteiger partial charge < -0.3 is 15.3 Å². The van der Waals surface area contributed by atoms with Crippen LogP contribution in [0, 0.1) is 6.92 Å². The highest BCUT2D eigenvalue weighted by atomic mass is 16.4. The van der Waals surface area contributed by atoms with Crippen LogP contribution >= 0.6 is 0 Å². The Morgan fingerprint density at radius 1 is 1.23 bits per heavy atom. The van der Waals surface area contributed by atoms with Crippen molar-refractivity contribution in [3.63, 3.8) is 0 Å². The Bertz CT molecular complexity index is 800. The van der Waals surface area contributed by atoms with Crippen LogP contribution in [0.4, 0.5) is 5.82 Å². The summed E-state index contributed by atoms with van der Waals surface area (Å²) in [4.78, 5) is 30.5. The lowest BCUT2D eigenvalue weighted by atomic mass is 9.98. The summed E-state index contributed by atoms with van der Waals surface area (Å²) in [7, 11) is 0. The Hall–Kier alpha value is -2.89. The first-order valence-corrected chi connectivity index (χ1v) is 8.84. The van der Waals surface area contributed by atoms with Gasteiger partial charge in [-0.25, -0.2) is 4.98 Å². The first-order chi connectivity index (χ1) is 12.5. The Morgan fingerprint density at radius 2 is 1.96 bits per heavy atom. The van der Waals surface area contributed by atoms with Gasteiger partial charge in [-0.15, -0.1) is 0 Å². The maximum Gasteiger partial charge on any atom is 0.305 e. The molecule has 1 fully saturated rings. The first-order valence-electron chi connectivity index (χ1n) is 8.84. The van der Waals surface area contributed by atoms with E-state index in [0.717, 1.165) is 42.9 Å². The van der Waals surface area contributed by atoms with Crippen molar-refractivity contribution in [3.8, 4) is 0 Å². The van der Waals surface area contributed by atoms with Crippen LogP contribution in [0.2, 0.25) is 0 Å². The minimum Gasteiger partial charge on any atom is -0.481 e. The van der Waals surface area contributed by atoms with Crippen molar-refractivity contribution in [1.29, 1.82) is 0 Å². The van der Waals surface area contributed by atoms with Gasteiger partial charge in [-0.1, -0.05) is 24.3 Å². The molecule has 1 atom stereocenters. The van der Waals surface area contributed by atoms with Crippen LogP contribution in [-0.4, -0.2) is 35.1 Å². The number of nitrogens with one attached hydrogen (secondary N) is 1. The Morgan fingerprint density at radius 3 is 2.65 bits per heavy atom. The van der Waals surface area contributed by atoms with Gasteiger partial charge in [0.25, 0.3) is 5.91 Å². The number of aromatic nitrogens is 1. The minimum absolute atomic E-state index is 0.166. The fourth-order valence-corrected chi connectivity index (χ4v) is 3.31. The molecule has 0 aliphatic carbocycles. The number of carbonyl (C=O) groups excluding carboxylic acids is 1. The molecule has 1 aliphatic rings. The van der Waals surface area contributed by atoms with E-state index in [0.29, 0.717) is 5.56 Å². The second kappa shape index (κ2) is 7.99. The molecule has 2 heterocycles. The van der Waals surface area contributed by atoms with Gasteiger partial charge in [-0.05, 0) is 43.0 Å². The van der Waals surface area contributed by atoms with Crippen molar-refractivity contribution in [1.82, 2.24) is 10.3 Å². The standard InChI is InChI=1S/C20H23N3O3/c1-14-6-2-3-7-16(14)17(13-19(24)25)22-20(26)15-8-9-21-18(12-15)23-10-4-5-11-23/h2-3,6-9,12,17H,4-5,10-11,13H2,1H3,(H,22,26)(H,24,25). The summed E-state index contributed by atoms with van der Waals surface area (Å²) in [6.07, 6.45) is 3.72. The summed E-state index contributed by atoms with van der Waals surface area (Å²) in [6, 6.07) is 10.4. The highest BCUT2D eigenvalue weighted by Gasteiger charge is 2.21. The molecule has 1 aromatic heterocycles. The van der Waals surface area contributed by atoms with Crippen molar-refractivity contribution < 1.29 is 14.7 Å². The molecule has 3 rings (SSSR count). The van der Waals surface area contributed by atoms with Crippen LogP contribution < -0.4 is 10.2 Å². The minimum atomic E-state index is -0.953. The van der Waals surface area contributed by atoms with Crippen molar-refractivity contribution >= 4 is 17.7 Å². The predicted octanol–water partition coefficient (Wildman–Crippen LogP) is 2.94. The van der Waals surface area contributed by atoms with Crippen LogP contribution in [0.3, 0.4) is 0 Å². The molecule has 0 saturated carbocycles. The molecule has 2 N–H and O–H groups in total. The topological polar surface area (TPSA) is 82.5 Å². The lowest BCUT2D eigenvalue weighted by Gasteiger charge is -2.20. The number of carboxylic acid groups (broad SMARTS) is 1. The van der Waals surface area contributed by atoms with Gasteiger partial charge in [0.2, 0.25) is 0 Å². The Kier molecular flexibility index (Phi) is 5.51. The number of nitrogens with zero attached hydrogens (tertiary/aromatic N) is 2. The second-order valence-electron chi connectivity index (χ2n) is 6.58. The van der Waals surface area contributed by atoms with E-state index >= 15 is 0 Å². The fourth-order valence-electron chi connectivity index (χ4n) is 3.31. The molecule has 1 aromatic carbocycles. The molecule has 0 bridgehead atoms. The smallest absolute Gasteiger partial charge is 0.305 e. The average molecular weight is 353 g/mol. The Labute approximate surface area is 152 Å². The zero-order valence-corrected chi connectivity index (χ0v) is 14.8. The van der Waals surface area contributed by atoms with Gasteiger partial charge in [-0.3, -0.25) is 9.59 Å². The number of hydrogen-bond acceptors (Lipinski definition) is 4. The van der Waals surface area contributed by atoms with Gasteiger partial charge in [0.05, 0.1) is 12.5 Å². The predicted molar refractivity (Wildman–Crippen MR) is 99.3 cm³/mol. The zero-order chi connectivity index (χ0) is 18.5. The van der Waals surface area contributed by atoms with Crippen LogP contribution in [0.5, 0.6) is 0 Å². The average Bonchev–Trinajstić information content (AvgIpc) is 3.16. The maximum absolute atomic E-state index is 12.7. The molecule has 136 valence electrons. The molecular weight excluding hydrogens is 330 g/mol. The van der Waals surface area contributed by atoms with E-state index in [-0.39, 0.29) is 12.3 Å². The van der Waals surface area contributed by atoms with E-state index in [4.69, 9.17) is 0 Å². The van der Waals surface area contributed by atoms with Crippen molar-refractivity contribution in [2.75, 3.05) is 18.0 Å². The highest BCUT2D eigenvalue weighted by Crippen LogP contribution is 2.22. The summed E-state index contributed by atoms with van der Waals surface area (Å²) in [5.41, 5.74) is 2.26. The van der Waals surface area contributed by atoms with Gasteiger partial charge in [-0.2, -0.15) is 0 Å². The summed E-state index contributed by atoms with van der Waals surface area (Å²) in [6.45, 7) is 3.81. The SMILES string of the molecule is Cc1ccccc1C(CC(=O)O)NC(=O)c1ccnc(N2CCCC2)c1. The summed E-state index contributed by atoms with van der Waals surface area (Å²) >= 11 is 0. The van der Waals surface area contributed by atoms with E-state index in [9.17, 15) is 14.7 Å². The molecule has 6 nitrogen and oxygen atoms in total. The van der Waals surface area contributed by atoms with E-state index < -0.39 is 12.0 Å². The third-order valence-electron chi connectivity index (χ3n) is 4.69. The lowest BCUT2D eigenvalue weighted by Crippen LogP contribution is -2.31. The van der Waals surface area contributed by atoms with Crippen molar-refractivity contribution in [2.24, 2.45) is 0 Å². The molecular formula is C20H23N3O3. The van der Waals surface area contributed by atoms with Gasteiger partial charge >= 0.3 is 5.97 Å². The van der Waals surface area contributed by atoms with E-state index in [1.54, 1.807) is 18.3 Å². The van der Waals surface area contributed by atoms with Crippen molar-refractivity contribution in [3.05, 3.63) is 59.3 Å². The monoisotopic (exact) mass is 353 g/mol. The summed E-state index contributed by atoms with van der Waals surface area (Å²) in [5, 5.41) is 12.1. The third-order valence-corrected chi connectivity index (χ3v) is 4.69. The van der Waals surface area contributed by atoms with Gasteiger partial charge in [0.1, 0.15) is 5.82 Å². The molecule has 6 heteroatoms. The summed E-state index contributed by atoms with van der Waals surface area (Å²) in [5.74, 6) is -0.450. The Balaban J connectivity index is 1.80. The molecule has 0 spiro atoms. The third kappa shape index (κ3) is 4.20. The molecule has 1 amide bonds. The van der Waals surface area contributed by atoms with Crippen LogP contribution in [-0.2, 0) is 4.79 Å². The van der Waals surface area contributed by atoms with Crippen LogP contribution in [0.25, 0.3) is 0 Å². The molecule has 0 radical (unpaired) electrons. The van der Waals surface area contributed by atoms with Crippen molar-refractivity contribution in [2.45, 2.75) is 32.2 Å². The number of carbonyl (C=O) groups is 2. The maximum atomic E-state index is 12.7. The molecule has 26 heavy (non-hydrogen) atoms. The summed E-state index contributed by atoms with van der Waals surface area (Å²) < 4.78 is 0. The number of benzene rings is 1. The highest BCUT2D eigenvalue weighted by molar-refractivity contribution is 5.95. The lowest BCUT2D eigenvalue weighted by molar-refractivity contribution is -0.137. The largest absolute Gasteiger partial charge is 0.481 e. The normalized spacial score (nSPS) is 14.9. The van der Waals surface area contributed by atoms with Crippen LogP contribution in [0.1, 0.15) is 46.8 Å². The molecule has 2 aromatic rings. The first kappa shape index (κ1) is 17.9. The van der Waals surface area contributed by atoms with Gasteiger partial charge in [0, 0.05) is 24.8 Å². The number of anilines is 1. The van der Waals surface area contributed by atoms with Crippen LogP contribution in [0.15, 0.2) is 42.6 Å². The number of hydrogen-bond donors (Lipinski definition) is 2. The number of pyridine rings is 1. The number of aliphatic carboxylic acids is 1. The van der Waals surface area contributed by atoms with E-state index in [1.807, 2.05) is 31.2 Å². The number of rotatable bonds is 6. The molecule has 1 aliphatic heterocycles. The number of aryl methyl sites for hydroxylation is 1. The molecule has 1 unspecified atom stereocenters. The quantitative estimate of drug-likeness (QED) is 0.834. The van der Waals surface area contributed by atoms with E-state index in [2.05, 4.69) is 15.2 Å². The fraction of sp³-hybridized carbons (Fsp3) is 0.350. The zero-order valence-electron chi connectivity index (χ0n) is 14.8. The number of carboxylic acids is 1. The number of amides is 1. The van der Waals surface area contributed by atoms with E-state index in [1.165, 1.54) is 0 Å². The molecule has 1 saturated heterocycles. The second-order valence-corrected chi connectivity index (χ2v) is 6.58. The van der Waals surface area contributed by atoms with Gasteiger partial charge in [0.15, 0.2) is 0 Å².